The summed E-state index contributed by atoms with van der Waals surface area (Å²) in [7, 11) is 0. The monoisotopic (exact) mass is 370 g/mol. The zero-order valence-electron chi connectivity index (χ0n) is 14.3. The van der Waals surface area contributed by atoms with Gasteiger partial charge in [-0.05, 0) is 36.2 Å². The van der Waals surface area contributed by atoms with Gasteiger partial charge in [-0.3, -0.25) is 4.79 Å². The Balaban J connectivity index is 1.40. The van der Waals surface area contributed by atoms with E-state index in [9.17, 15) is 4.79 Å². The first-order valence-electron chi connectivity index (χ1n) is 8.63. The van der Waals surface area contributed by atoms with Gasteiger partial charge < -0.3 is 9.80 Å². The van der Waals surface area contributed by atoms with Crippen LogP contribution in [0.2, 0.25) is 5.02 Å². The molecule has 8 heteroatoms. The average Bonchev–Trinajstić information content (AvgIpc) is 2.98. The van der Waals surface area contributed by atoms with Crippen LogP contribution in [0.1, 0.15) is 12.0 Å². The number of carbonyl (C=O) groups is 1. The van der Waals surface area contributed by atoms with E-state index in [1.807, 2.05) is 41.3 Å². The third-order valence-electron chi connectivity index (χ3n) is 4.59. The average molecular weight is 371 g/mol. The lowest BCUT2D eigenvalue weighted by Crippen LogP contribution is -2.36. The van der Waals surface area contributed by atoms with Crippen LogP contribution >= 0.6 is 11.6 Å². The molecule has 0 N–H and O–H groups in total. The van der Waals surface area contributed by atoms with Crippen molar-refractivity contribution in [2.75, 3.05) is 31.1 Å². The molecule has 3 heterocycles. The summed E-state index contributed by atoms with van der Waals surface area (Å²) in [5, 5.41) is 13.1. The van der Waals surface area contributed by atoms with Crippen LogP contribution in [0.3, 0.4) is 0 Å². The second kappa shape index (κ2) is 7.29. The molecule has 134 valence electrons. The minimum atomic E-state index is 0.149. The molecule has 0 bridgehead atoms. The van der Waals surface area contributed by atoms with Gasteiger partial charge in [-0.1, -0.05) is 23.7 Å². The van der Waals surface area contributed by atoms with Gasteiger partial charge in [-0.2, -0.15) is 4.52 Å². The van der Waals surface area contributed by atoms with Crippen molar-refractivity contribution in [1.29, 1.82) is 0 Å². The SMILES string of the molecule is O=C(Cc1ccc(Cl)cc1)N1CCCN(c2ccc3nncn3n2)CC1. The van der Waals surface area contributed by atoms with Gasteiger partial charge in [-0.25, -0.2) is 0 Å². The van der Waals surface area contributed by atoms with Gasteiger partial charge >= 0.3 is 0 Å². The molecular formula is C18H19ClN6O. The maximum atomic E-state index is 12.6. The molecular weight excluding hydrogens is 352 g/mol. The number of carbonyl (C=O) groups excluding carboxylic acids is 1. The van der Waals surface area contributed by atoms with E-state index >= 15 is 0 Å². The fourth-order valence-electron chi connectivity index (χ4n) is 3.17. The normalized spacial score (nSPS) is 15.3. The fraction of sp³-hybridized carbons (Fsp3) is 0.333. The number of rotatable bonds is 3. The highest BCUT2D eigenvalue weighted by Crippen LogP contribution is 2.16. The van der Waals surface area contributed by atoms with Crippen LogP contribution in [0.4, 0.5) is 5.82 Å². The molecule has 0 saturated carbocycles. The molecule has 1 aliphatic heterocycles. The van der Waals surface area contributed by atoms with Crippen LogP contribution < -0.4 is 4.90 Å². The van der Waals surface area contributed by atoms with Gasteiger partial charge in [0.05, 0.1) is 6.42 Å². The molecule has 1 amide bonds. The highest BCUT2D eigenvalue weighted by molar-refractivity contribution is 6.30. The topological polar surface area (TPSA) is 66.6 Å². The Kier molecular flexibility index (Phi) is 4.71. The third kappa shape index (κ3) is 3.62. The van der Waals surface area contributed by atoms with E-state index in [-0.39, 0.29) is 5.91 Å². The molecule has 4 rings (SSSR count). The molecule has 0 atom stereocenters. The molecule has 1 fully saturated rings. The van der Waals surface area contributed by atoms with Crippen molar-refractivity contribution in [3.8, 4) is 0 Å². The summed E-state index contributed by atoms with van der Waals surface area (Å²) in [4.78, 5) is 16.8. The van der Waals surface area contributed by atoms with Crippen LogP contribution in [0.15, 0.2) is 42.7 Å². The molecule has 3 aromatic rings. The summed E-state index contributed by atoms with van der Waals surface area (Å²) in [6, 6.07) is 11.3. The number of anilines is 1. The zero-order chi connectivity index (χ0) is 17.9. The van der Waals surface area contributed by atoms with Gasteiger partial charge in [0.15, 0.2) is 5.65 Å². The van der Waals surface area contributed by atoms with E-state index in [0.717, 1.165) is 43.1 Å². The van der Waals surface area contributed by atoms with E-state index in [1.54, 1.807) is 10.8 Å². The van der Waals surface area contributed by atoms with E-state index in [0.29, 0.717) is 18.0 Å². The Bertz CT molecular complexity index is 909. The molecule has 0 unspecified atom stereocenters. The molecule has 7 nitrogen and oxygen atoms in total. The first-order valence-corrected chi connectivity index (χ1v) is 9.01. The van der Waals surface area contributed by atoms with E-state index < -0.39 is 0 Å². The number of hydrogen-bond acceptors (Lipinski definition) is 5. The molecule has 26 heavy (non-hydrogen) atoms. The Morgan fingerprint density at radius 3 is 2.73 bits per heavy atom. The van der Waals surface area contributed by atoms with Crippen LogP contribution in [0.5, 0.6) is 0 Å². The first-order chi connectivity index (χ1) is 12.7. The predicted molar refractivity (Wildman–Crippen MR) is 99.3 cm³/mol. The van der Waals surface area contributed by atoms with Crippen LogP contribution in [-0.2, 0) is 11.2 Å². The zero-order valence-corrected chi connectivity index (χ0v) is 15.0. The van der Waals surface area contributed by atoms with E-state index in [1.165, 1.54) is 0 Å². The second-order valence-corrected chi connectivity index (χ2v) is 6.79. The molecule has 2 aromatic heterocycles. The maximum absolute atomic E-state index is 12.6. The Morgan fingerprint density at radius 2 is 1.88 bits per heavy atom. The van der Waals surface area contributed by atoms with Gasteiger partial charge in [0.1, 0.15) is 12.1 Å². The summed E-state index contributed by atoms with van der Waals surface area (Å²) in [6.07, 6.45) is 2.91. The molecule has 1 aromatic carbocycles. The fourth-order valence-corrected chi connectivity index (χ4v) is 3.30. The summed E-state index contributed by atoms with van der Waals surface area (Å²) in [6.45, 7) is 3.07. The molecule has 0 aliphatic carbocycles. The Hall–Kier alpha value is -2.67. The van der Waals surface area contributed by atoms with Crippen molar-refractivity contribution in [3.63, 3.8) is 0 Å². The molecule has 0 spiro atoms. The van der Waals surface area contributed by atoms with Crippen LogP contribution in [0, 0.1) is 0 Å². The second-order valence-electron chi connectivity index (χ2n) is 6.35. The lowest BCUT2D eigenvalue weighted by molar-refractivity contribution is -0.130. The van der Waals surface area contributed by atoms with Crippen molar-refractivity contribution in [2.45, 2.75) is 12.8 Å². The van der Waals surface area contributed by atoms with Crippen molar-refractivity contribution in [3.05, 3.63) is 53.3 Å². The number of fused-ring (bicyclic) bond motifs is 1. The van der Waals surface area contributed by atoms with Crippen molar-refractivity contribution >= 4 is 29.0 Å². The highest BCUT2D eigenvalue weighted by Gasteiger charge is 2.20. The number of amides is 1. The highest BCUT2D eigenvalue weighted by atomic mass is 35.5. The number of aromatic nitrogens is 4. The van der Waals surface area contributed by atoms with Gasteiger partial charge in [0.2, 0.25) is 5.91 Å². The van der Waals surface area contributed by atoms with E-state index in [2.05, 4.69) is 20.2 Å². The molecule has 0 radical (unpaired) electrons. The van der Waals surface area contributed by atoms with Crippen LogP contribution in [0.25, 0.3) is 5.65 Å². The lowest BCUT2D eigenvalue weighted by Gasteiger charge is -2.22. The first kappa shape index (κ1) is 16.8. The minimum Gasteiger partial charge on any atom is -0.353 e. The third-order valence-corrected chi connectivity index (χ3v) is 4.84. The van der Waals surface area contributed by atoms with Gasteiger partial charge in [-0.15, -0.1) is 15.3 Å². The standard InChI is InChI=1S/C18H19ClN6O/c19-15-4-2-14(3-5-15)12-18(26)24-9-1-8-23(10-11-24)17-7-6-16-21-20-13-25(16)22-17/h2-7,13H,1,8-12H2. The van der Waals surface area contributed by atoms with Crippen molar-refractivity contribution in [1.82, 2.24) is 24.7 Å². The van der Waals surface area contributed by atoms with E-state index in [4.69, 9.17) is 11.6 Å². The van der Waals surface area contributed by atoms with Crippen LogP contribution in [-0.4, -0.2) is 56.8 Å². The Morgan fingerprint density at radius 1 is 1.04 bits per heavy atom. The summed E-state index contributed by atoms with van der Waals surface area (Å²) in [5.74, 6) is 1.03. The Labute approximate surface area is 156 Å². The largest absolute Gasteiger partial charge is 0.353 e. The lowest BCUT2D eigenvalue weighted by atomic mass is 10.1. The molecule has 1 aliphatic rings. The predicted octanol–water partition coefficient (Wildman–Crippen LogP) is 2.06. The minimum absolute atomic E-state index is 0.149. The summed E-state index contributed by atoms with van der Waals surface area (Å²) < 4.78 is 1.67. The summed E-state index contributed by atoms with van der Waals surface area (Å²) in [5.41, 5.74) is 1.71. The number of hydrogen-bond donors (Lipinski definition) is 0. The van der Waals surface area contributed by atoms with Gasteiger partial charge in [0.25, 0.3) is 0 Å². The smallest absolute Gasteiger partial charge is 0.227 e. The van der Waals surface area contributed by atoms with Crippen molar-refractivity contribution in [2.24, 2.45) is 0 Å². The number of halogens is 1. The summed E-state index contributed by atoms with van der Waals surface area (Å²) >= 11 is 5.91. The van der Waals surface area contributed by atoms with Crippen molar-refractivity contribution < 1.29 is 4.79 Å². The molecule has 1 saturated heterocycles. The maximum Gasteiger partial charge on any atom is 0.227 e. The number of nitrogens with zero attached hydrogens (tertiary/aromatic N) is 6. The number of benzene rings is 1. The quantitative estimate of drug-likeness (QED) is 0.706. The van der Waals surface area contributed by atoms with Gasteiger partial charge in [0, 0.05) is 31.2 Å².